The van der Waals surface area contributed by atoms with Gasteiger partial charge in [0.1, 0.15) is 0 Å². The molecule has 1 aliphatic carbocycles. The first kappa shape index (κ1) is 11.2. The van der Waals surface area contributed by atoms with Gasteiger partial charge in [-0.05, 0) is 49.1 Å². The summed E-state index contributed by atoms with van der Waals surface area (Å²) in [5.41, 5.74) is 1.57. The van der Waals surface area contributed by atoms with Gasteiger partial charge in [-0.3, -0.25) is 0 Å². The van der Waals surface area contributed by atoms with Crippen LogP contribution in [0.4, 0.5) is 0 Å². The van der Waals surface area contributed by atoms with Crippen LogP contribution in [0, 0.1) is 5.92 Å². The van der Waals surface area contributed by atoms with Crippen molar-refractivity contribution in [2.24, 2.45) is 5.92 Å². The minimum Gasteiger partial charge on any atom is -0.307 e. The van der Waals surface area contributed by atoms with Crippen molar-refractivity contribution in [1.82, 2.24) is 5.32 Å². The lowest BCUT2D eigenvalue weighted by Crippen LogP contribution is -2.35. The van der Waals surface area contributed by atoms with E-state index in [4.69, 9.17) is 0 Å². The maximum absolute atomic E-state index is 3.77. The van der Waals surface area contributed by atoms with Gasteiger partial charge in [0.2, 0.25) is 0 Å². The molecule has 2 heteroatoms. The normalized spacial score (nSPS) is 22.8. The van der Waals surface area contributed by atoms with E-state index in [1.165, 1.54) is 19.3 Å². The number of aryl methyl sites for hydroxylation is 1. The van der Waals surface area contributed by atoms with E-state index in [1.807, 2.05) is 11.3 Å². The summed E-state index contributed by atoms with van der Waals surface area (Å²) in [5.74, 6) is 0.717. The summed E-state index contributed by atoms with van der Waals surface area (Å²) in [6.07, 6.45) is 3.94. The van der Waals surface area contributed by atoms with Gasteiger partial charge in [-0.2, -0.15) is 0 Å². The van der Waals surface area contributed by atoms with Crippen LogP contribution in [0.15, 0.2) is 11.4 Å². The van der Waals surface area contributed by atoms with Crippen LogP contribution in [0.25, 0.3) is 0 Å². The van der Waals surface area contributed by atoms with E-state index >= 15 is 0 Å². The Morgan fingerprint density at radius 2 is 2.20 bits per heavy atom. The Kier molecular flexibility index (Phi) is 3.47. The highest BCUT2D eigenvalue weighted by atomic mass is 32.1. The lowest BCUT2D eigenvalue weighted by molar-refractivity contribution is 0.352. The molecule has 1 aromatic heterocycles. The molecular weight excluding hydrogens is 202 g/mol. The van der Waals surface area contributed by atoms with Crippen LogP contribution in [0.3, 0.4) is 0 Å². The molecular formula is C13H21NS. The van der Waals surface area contributed by atoms with E-state index in [2.05, 4.69) is 37.5 Å². The first-order valence-corrected chi connectivity index (χ1v) is 6.88. The summed E-state index contributed by atoms with van der Waals surface area (Å²) in [5, 5.41) is 6.01. The van der Waals surface area contributed by atoms with E-state index in [0.29, 0.717) is 18.0 Å². The van der Waals surface area contributed by atoms with Gasteiger partial charge in [-0.25, -0.2) is 0 Å². The first-order valence-electron chi connectivity index (χ1n) is 6.01. The highest BCUT2D eigenvalue weighted by molar-refractivity contribution is 7.10. The summed E-state index contributed by atoms with van der Waals surface area (Å²) >= 11 is 1.92. The lowest BCUT2D eigenvalue weighted by atomic mass is 9.92. The van der Waals surface area contributed by atoms with Crippen LogP contribution < -0.4 is 5.32 Å². The standard InChI is InChI=1S/C13H21NS/c1-9(2)10(3)14-12-5-4-6-13-11(12)7-8-15-13/h7-10,12,14H,4-6H2,1-3H3. The van der Waals surface area contributed by atoms with Crippen LogP contribution in [0.2, 0.25) is 0 Å². The van der Waals surface area contributed by atoms with Crippen molar-refractivity contribution in [3.63, 3.8) is 0 Å². The van der Waals surface area contributed by atoms with Crippen LogP contribution in [0.5, 0.6) is 0 Å². The molecule has 1 aliphatic rings. The number of rotatable bonds is 3. The Morgan fingerprint density at radius 3 is 2.93 bits per heavy atom. The molecule has 0 amide bonds. The topological polar surface area (TPSA) is 12.0 Å². The summed E-state index contributed by atoms with van der Waals surface area (Å²) in [4.78, 5) is 1.61. The van der Waals surface area contributed by atoms with Crippen molar-refractivity contribution in [1.29, 1.82) is 0 Å². The molecule has 2 unspecified atom stereocenters. The summed E-state index contributed by atoms with van der Waals surface area (Å²) in [6, 6.07) is 3.53. The molecule has 0 radical (unpaired) electrons. The molecule has 0 saturated heterocycles. The number of thiophene rings is 1. The fraction of sp³-hybridized carbons (Fsp3) is 0.692. The van der Waals surface area contributed by atoms with Crippen molar-refractivity contribution in [2.45, 2.75) is 52.1 Å². The third kappa shape index (κ3) is 2.43. The number of fused-ring (bicyclic) bond motifs is 1. The van der Waals surface area contributed by atoms with E-state index in [1.54, 1.807) is 10.4 Å². The van der Waals surface area contributed by atoms with Crippen LogP contribution >= 0.6 is 11.3 Å². The van der Waals surface area contributed by atoms with Gasteiger partial charge < -0.3 is 5.32 Å². The molecule has 0 saturated carbocycles. The van der Waals surface area contributed by atoms with E-state index in [9.17, 15) is 0 Å². The Morgan fingerprint density at radius 1 is 1.40 bits per heavy atom. The zero-order valence-corrected chi connectivity index (χ0v) is 10.7. The van der Waals surface area contributed by atoms with Crippen molar-refractivity contribution in [2.75, 3.05) is 0 Å². The fourth-order valence-corrected chi connectivity index (χ4v) is 3.16. The molecule has 0 aliphatic heterocycles. The third-order valence-electron chi connectivity index (χ3n) is 3.52. The predicted octanol–water partition coefficient (Wildman–Crippen LogP) is 3.76. The van der Waals surface area contributed by atoms with Gasteiger partial charge in [-0.15, -0.1) is 11.3 Å². The zero-order valence-electron chi connectivity index (χ0n) is 9.92. The van der Waals surface area contributed by atoms with E-state index < -0.39 is 0 Å². The number of nitrogens with one attached hydrogen (secondary N) is 1. The van der Waals surface area contributed by atoms with E-state index in [-0.39, 0.29) is 0 Å². The van der Waals surface area contributed by atoms with E-state index in [0.717, 1.165) is 0 Å². The Bertz CT molecular complexity index is 316. The van der Waals surface area contributed by atoms with Gasteiger partial charge in [-0.1, -0.05) is 13.8 Å². The Balaban J connectivity index is 2.06. The largest absolute Gasteiger partial charge is 0.307 e. The highest BCUT2D eigenvalue weighted by Gasteiger charge is 2.22. The highest BCUT2D eigenvalue weighted by Crippen LogP contribution is 2.33. The van der Waals surface area contributed by atoms with Gasteiger partial charge in [0.05, 0.1) is 0 Å². The number of hydrogen-bond donors (Lipinski definition) is 1. The molecule has 0 bridgehead atoms. The second-order valence-electron chi connectivity index (χ2n) is 4.94. The molecule has 0 spiro atoms. The molecule has 2 rings (SSSR count). The van der Waals surface area contributed by atoms with Gasteiger partial charge in [0.25, 0.3) is 0 Å². The third-order valence-corrected chi connectivity index (χ3v) is 4.51. The van der Waals surface area contributed by atoms with Crippen molar-refractivity contribution >= 4 is 11.3 Å². The molecule has 15 heavy (non-hydrogen) atoms. The molecule has 1 nitrogen and oxygen atoms in total. The molecule has 1 aromatic rings. The SMILES string of the molecule is CC(C)C(C)NC1CCCc2sccc21. The van der Waals surface area contributed by atoms with Crippen LogP contribution in [0.1, 0.15) is 50.1 Å². The maximum atomic E-state index is 3.77. The average molecular weight is 223 g/mol. The van der Waals surface area contributed by atoms with Crippen LogP contribution in [-0.4, -0.2) is 6.04 Å². The molecule has 1 N–H and O–H groups in total. The lowest BCUT2D eigenvalue weighted by Gasteiger charge is -2.29. The van der Waals surface area contributed by atoms with Crippen molar-refractivity contribution < 1.29 is 0 Å². The predicted molar refractivity (Wildman–Crippen MR) is 67.4 cm³/mol. The molecule has 84 valence electrons. The first-order chi connectivity index (χ1) is 7.18. The van der Waals surface area contributed by atoms with Gasteiger partial charge >= 0.3 is 0 Å². The smallest absolute Gasteiger partial charge is 0.0333 e. The van der Waals surface area contributed by atoms with Crippen molar-refractivity contribution in [3.05, 3.63) is 21.9 Å². The minimum absolute atomic E-state index is 0.609. The van der Waals surface area contributed by atoms with Crippen molar-refractivity contribution in [3.8, 4) is 0 Å². The summed E-state index contributed by atoms with van der Waals surface area (Å²) < 4.78 is 0. The molecule has 0 aromatic carbocycles. The monoisotopic (exact) mass is 223 g/mol. The summed E-state index contributed by atoms with van der Waals surface area (Å²) in [7, 11) is 0. The second-order valence-corrected chi connectivity index (χ2v) is 5.94. The Hall–Kier alpha value is -0.340. The maximum Gasteiger partial charge on any atom is 0.0333 e. The minimum atomic E-state index is 0.609. The number of hydrogen-bond acceptors (Lipinski definition) is 2. The average Bonchev–Trinajstić information content (AvgIpc) is 2.66. The molecule has 2 atom stereocenters. The van der Waals surface area contributed by atoms with Gasteiger partial charge in [0.15, 0.2) is 0 Å². The van der Waals surface area contributed by atoms with Crippen LogP contribution in [-0.2, 0) is 6.42 Å². The Labute approximate surface area is 96.9 Å². The quantitative estimate of drug-likeness (QED) is 0.822. The second kappa shape index (κ2) is 4.67. The van der Waals surface area contributed by atoms with Gasteiger partial charge in [0, 0.05) is 17.0 Å². The summed E-state index contributed by atoms with van der Waals surface area (Å²) in [6.45, 7) is 6.87. The molecule has 1 heterocycles. The zero-order chi connectivity index (χ0) is 10.8. The fourth-order valence-electron chi connectivity index (χ4n) is 2.17. The molecule has 0 fully saturated rings.